The summed E-state index contributed by atoms with van der Waals surface area (Å²) >= 11 is 0. The van der Waals surface area contributed by atoms with E-state index in [1.165, 1.54) is 148 Å². The quantitative estimate of drug-likeness (QED) is 0.0525. The minimum absolute atomic E-state index is 0.0702. The maximum absolute atomic E-state index is 12.3. The predicted octanol–water partition coefficient (Wildman–Crippen LogP) is 10.9. The zero-order valence-electron chi connectivity index (χ0n) is 28.3. The first-order valence-corrected chi connectivity index (χ1v) is 18.6. The van der Waals surface area contributed by atoms with Gasteiger partial charge in [0.2, 0.25) is 5.91 Å². The highest BCUT2D eigenvalue weighted by Gasteiger charge is 2.17. The number of carbonyl (C=O) groups is 1. The first-order chi connectivity index (χ1) is 20.7. The number of hydrogen-bond acceptors (Lipinski definition) is 3. The van der Waals surface area contributed by atoms with Crippen LogP contribution >= 0.6 is 0 Å². The maximum Gasteiger partial charge on any atom is 0.220 e. The summed E-state index contributed by atoms with van der Waals surface area (Å²) < 4.78 is 0. The van der Waals surface area contributed by atoms with Gasteiger partial charge < -0.3 is 15.5 Å². The van der Waals surface area contributed by atoms with Gasteiger partial charge in [-0.25, -0.2) is 0 Å². The Balaban J connectivity index is 3.59. The lowest BCUT2D eigenvalue weighted by Crippen LogP contribution is -2.45. The number of allylic oxidation sites excluding steroid dienone is 3. The smallest absolute Gasteiger partial charge is 0.220 e. The molecule has 4 heteroatoms. The lowest BCUT2D eigenvalue weighted by molar-refractivity contribution is -0.123. The van der Waals surface area contributed by atoms with Crippen molar-refractivity contribution < 1.29 is 15.0 Å². The molecule has 0 bridgehead atoms. The Morgan fingerprint density at radius 3 is 1.31 bits per heavy atom. The van der Waals surface area contributed by atoms with Gasteiger partial charge in [-0.3, -0.25) is 4.79 Å². The molecule has 0 radical (unpaired) electrons. The summed E-state index contributed by atoms with van der Waals surface area (Å²) in [5.74, 6) is -0.0702. The third-order valence-electron chi connectivity index (χ3n) is 8.43. The summed E-state index contributed by atoms with van der Waals surface area (Å²) in [6.07, 6.45) is 42.6. The van der Waals surface area contributed by atoms with Crippen molar-refractivity contribution >= 4 is 5.91 Å². The van der Waals surface area contributed by atoms with E-state index in [4.69, 9.17) is 0 Å². The highest BCUT2D eigenvalue weighted by Crippen LogP contribution is 2.13. The van der Waals surface area contributed by atoms with Crippen molar-refractivity contribution in [2.75, 3.05) is 6.61 Å². The molecule has 0 spiro atoms. The molecular weight excluding hydrogens is 518 g/mol. The van der Waals surface area contributed by atoms with E-state index in [0.717, 1.165) is 25.7 Å². The number of amides is 1. The molecule has 0 fully saturated rings. The molecule has 0 saturated heterocycles. The van der Waals surface area contributed by atoms with Crippen LogP contribution in [0.4, 0.5) is 0 Å². The summed E-state index contributed by atoms with van der Waals surface area (Å²) in [4.78, 5) is 12.3. The average Bonchev–Trinajstić information content (AvgIpc) is 2.99. The van der Waals surface area contributed by atoms with Gasteiger partial charge in [0.05, 0.1) is 18.8 Å². The number of hydrogen-bond donors (Lipinski definition) is 3. The Morgan fingerprint density at radius 2 is 0.905 bits per heavy atom. The molecule has 0 aromatic rings. The highest BCUT2D eigenvalue weighted by atomic mass is 16.3. The topological polar surface area (TPSA) is 69.6 Å². The Bertz CT molecular complexity index is 603. The highest BCUT2D eigenvalue weighted by molar-refractivity contribution is 5.76. The maximum atomic E-state index is 12.3. The first kappa shape index (κ1) is 40.9. The molecule has 0 aliphatic heterocycles. The number of nitrogens with one attached hydrogen (secondary N) is 1. The normalized spacial score (nSPS) is 13.3. The SMILES string of the molecule is CCCCCCCCCC/C=C\CCCCCCCCCC(=O)NC(CO)C(O)/C=C/CCCCCCCCCCC. The van der Waals surface area contributed by atoms with Crippen molar-refractivity contribution in [2.45, 2.75) is 206 Å². The third-order valence-corrected chi connectivity index (χ3v) is 8.43. The molecule has 0 heterocycles. The van der Waals surface area contributed by atoms with Crippen LogP contribution < -0.4 is 5.32 Å². The van der Waals surface area contributed by atoms with Gasteiger partial charge in [0.1, 0.15) is 0 Å². The van der Waals surface area contributed by atoms with Gasteiger partial charge >= 0.3 is 0 Å². The minimum atomic E-state index is -0.836. The summed E-state index contributed by atoms with van der Waals surface area (Å²) in [7, 11) is 0. The van der Waals surface area contributed by atoms with Crippen molar-refractivity contribution in [3.8, 4) is 0 Å². The lowest BCUT2D eigenvalue weighted by Gasteiger charge is -2.20. The van der Waals surface area contributed by atoms with Crippen LogP contribution in [0.5, 0.6) is 0 Å². The fourth-order valence-electron chi connectivity index (χ4n) is 5.52. The molecule has 0 aliphatic rings. The van der Waals surface area contributed by atoms with Gasteiger partial charge in [0.15, 0.2) is 0 Å². The number of carbonyl (C=O) groups excluding carboxylic acids is 1. The molecule has 2 atom stereocenters. The van der Waals surface area contributed by atoms with Crippen LogP contribution in [0.1, 0.15) is 194 Å². The van der Waals surface area contributed by atoms with Crippen molar-refractivity contribution in [3.05, 3.63) is 24.3 Å². The third kappa shape index (κ3) is 30.3. The van der Waals surface area contributed by atoms with E-state index in [0.29, 0.717) is 6.42 Å². The number of aliphatic hydroxyl groups is 2. The fraction of sp³-hybridized carbons (Fsp3) is 0.868. The van der Waals surface area contributed by atoms with Gasteiger partial charge in [-0.2, -0.15) is 0 Å². The largest absolute Gasteiger partial charge is 0.394 e. The first-order valence-electron chi connectivity index (χ1n) is 18.6. The van der Waals surface area contributed by atoms with Crippen molar-refractivity contribution in [3.63, 3.8) is 0 Å². The van der Waals surface area contributed by atoms with Crippen molar-refractivity contribution in [2.24, 2.45) is 0 Å². The standard InChI is InChI=1S/C38H73NO3/c1-3-5-7-9-11-13-15-16-17-18-19-20-21-22-24-26-28-30-32-34-38(42)39-36(35-40)37(41)33-31-29-27-25-23-14-12-10-8-6-4-2/h18-19,31,33,36-37,40-41H,3-17,20-30,32,34-35H2,1-2H3,(H,39,42)/b19-18-,33-31+. The lowest BCUT2D eigenvalue weighted by atomic mass is 10.1. The van der Waals surface area contributed by atoms with Crippen molar-refractivity contribution in [1.82, 2.24) is 5.32 Å². The van der Waals surface area contributed by atoms with E-state index in [-0.39, 0.29) is 12.5 Å². The van der Waals surface area contributed by atoms with Crippen LogP contribution in [-0.2, 0) is 4.79 Å². The fourth-order valence-corrected chi connectivity index (χ4v) is 5.52. The van der Waals surface area contributed by atoms with Crippen molar-refractivity contribution in [1.29, 1.82) is 0 Å². The van der Waals surface area contributed by atoms with Crippen LogP contribution in [0.25, 0.3) is 0 Å². The second kappa shape index (κ2) is 34.4. The van der Waals surface area contributed by atoms with Gasteiger partial charge in [0.25, 0.3) is 0 Å². The Labute approximate surface area is 262 Å². The van der Waals surface area contributed by atoms with E-state index in [9.17, 15) is 15.0 Å². The average molecular weight is 592 g/mol. The van der Waals surface area contributed by atoms with E-state index < -0.39 is 12.1 Å². The van der Waals surface area contributed by atoms with E-state index in [2.05, 4.69) is 31.3 Å². The van der Waals surface area contributed by atoms with Gasteiger partial charge in [-0.15, -0.1) is 0 Å². The zero-order valence-corrected chi connectivity index (χ0v) is 28.3. The molecule has 0 aromatic heterocycles. The number of rotatable bonds is 33. The summed E-state index contributed by atoms with van der Waals surface area (Å²) in [6, 6.07) is -0.619. The number of aliphatic hydroxyl groups excluding tert-OH is 2. The Morgan fingerprint density at radius 1 is 0.548 bits per heavy atom. The van der Waals surface area contributed by atoms with Crippen LogP contribution in [0, 0.1) is 0 Å². The van der Waals surface area contributed by atoms with E-state index in [1.54, 1.807) is 6.08 Å². The molecular formula is C38H73NO3. The monoisotopic (exact) mass is 592 g/mol. The number of unbranched alkanes of at least 4 members (excludes halogenated alkanes) is 24. The molecule has 0 aliphatic carbocycles. The molecule has 4 nitrogen and oxygen atoms in total. The molecule has 42 heavy (non-hydrogen) atoms. The molecule has 0 rings (SSSR count). The summed E-state index contributed by atoms with van der Waals surface area (Å²) in [6.45, 7) is 4.28. The van der Waals surface area contributed by atoms with Crippen LogP contribution in [0.3, 0.4) is 0 Å². The molecule has 248 valence electrons. The summed E-state index contributed by atoms with van der Waals surface area (Å²) in [5, 5.41) is 22.8. The van der Waals surface area contributed by atoms with Crippen LogP contribution in [-0.4, -0.2) is 34.9 Å². The second-order valence-electron chi connectivity index (χ2n) is 12.6. The van der Waals surface area contributed by atoms with E-state index in [1.807, 2.05) is 6.08 Å². The predicted molar refractivity (Wildman–Crippen MR) is 184 cm³/mol. The molecule has 0 aromatic carbocycles. The minimum Gasteiger partial charge on any atom is -0.394 e. The molecule has 2 unspecified atom stereocenters. The van der Waals surface area contributed by atoms with Gasteiger partial charge in [0, 0.05) is 6.42 Å². The Kier molecular flexibility index (Phi) is 33.4. The molecule has 1 amide bonds. The van der Waals surface area contributed by atoms with Gasteiger partial charge in [-0.1, -0.05) is 167 Å². The van der Waals surface area contributed by atoms with Crippen LogP contribution in [0.2, 0.25) is 0 Å². The van der Waals surface area contributed by atoms with Crippen LogP contribution in [0.15, 0.2) is 24.3 Å². The Hall–Kier alpha value is -1.13. The van der Waals surface area contributed by atoms with E-state index >= 15 is 0 Å². The summed E-state index contributed by atoms with van der Waals surface area (Å²) in [5.41, 5.74) is 0. The zero-order chi connectivity index (χ0) is 30.8. The molecule has 0 saturated carbocycles. The van der Waals surface area contributed by atoms with Gasteiger partial charge in [-0.05, 0) is 44.9 Å². The molecule has 3 N–H and O–H groups in total. The second-order valence-corrected chi connectivity index (χ2v) is 12.6.